The molecule has 3 aromatic heterocycles. The number of carboxylic acid groups (broad SMARTS) is 1. The van der Waals surface area contributed by atoms with Crippen LogP contribution in [0.2, 0.25) is 0 Å². The van der Waals surface area contributed by atoms with Gasteiger partial charge in [-0.2, -0.15) is 5.10 Å². The van der Waals surface area contributed by atoms with Gasteiger partial charge in [0.05, 0.1) is 29.2 Å². The van der Waals surface area contributed by atoms with E-state index in [9.17, 15) is 4.79 Å². The molecule has 102 valence electrons. The summed E-state index contributed by atoms with van der Waals surface area (Å²) >= 11 is 1.13. The molecule has 0 aromatic carbocycles. The van der Waals surface area contributed by atoms with Gasteiger partial charge in [-0.3, -0.25) is 9.78 Å². The number of fused-ring (bicyclic) bond motifs is 1. The summed E-state index contributed by atoms with van der Waals surface area (Å²) in [6.07, 6.45) is 6.78. The van der Waals surface area contributed by atoms with Crippen LogP contribution in [0.3, 0.4) is 0 Å². The molecule has 3 heterocycles. The normalized spacial score (nSPS) is 11.1. The highest BCUT2D eigenvalue weighted by atomic mass is 32.2. The third-order valence-corrected chi connectivity index (χ3v) is 3.73. The van der Waals surface area contributed by atoms with Gasteiger partial charge < -0.3 is 9.67 Å². The van der Waals surface area contributed by atoms with Crippen LogP contribution in [0.1, 0.15) is 0 Å². The van der Waals surface area contributed by atoms with Crippen molar-refractivity contribution in [2.24, 2.45) is 7.05 Å². The van der Waals surface area contributed by atoms with Crippen molar-refractivity contribution in [1.29, 1.82) is 0 Å². The zero-order valence-electron chi connectivity index (χ0n) is 10.5. The molecule has 0 amide bonds. The summed E-state index contributed by atoms with van der Waals surface area (Å²) in [4.78, 5) is 14.7. The Morgan fingerprint density at radius 2 is 2.25 bits per heavy atom. The lowest BCUT2D eigenvalue weighted by atomic mass is 10.3. The zero-order valence-corrected chi connectivity index (χ0v) is 11.3. The molecule has 0 fully saturated rings. The van der Waals surface area contributed by atoms with E-state index >= 15 is 0 Å². The maximum Gasteiger partial charge on any atom is 0.313 e. The Hall–Kier alpha value is -2.42. The number of hydrogen-bond donors (Lipinski definition) is 1. The molecule has 8 nitrogen and oxygen atoms in total. The first-order chi connectivity index (χ1) is 9.66. The zero-order chi connectivity index (χ0) is 14.1. The summed E-state index contributed by atoms with van der Waals surface area (Å²) in [5.41, 5.74) is 1.62. The lowest BCUT2D eigenvalue weighted by Crippen LogP contribution is -2.01. The minimum atomic E-state index is -0.889. The minimum Gasteiger partial charge on any atom is -0.481 e. The predicted molar refractivity (Wildman–Crippen MR) is 71.3 cm³/mol. The fourth-order valence-corrected chi connectivity index (χ4v) is 2.44. The van der Waals surface area contributed by atoms with Gasteiger partial charge >= 0.3 is 5.97 Å². The van der Waals surface area contributed by atoms with Crippen molar-refractivity contribution in [2.75, 3.05) is 5.75 Å². The number of aromatic nitrogens is 6. The Balaban J connectivity index is 2.00. The van der Waals surface area contributed by atoms with Gasteiger partial charge in [0.1, 0.15) is 0 Å². The molecule has 0 atom stereocenters. The molecule has 0 saturated heterocycles. The third kappa shape index (κ3) is 2.11. The maximum absolute atomic E-state index is 10.6. The molecular weight excluding hydrogens is 280 g/mol. The number of carbonyl (C=O) groups is 1. The van der Waals surface area contributed by atoms with Crippen LogP contribution in [-0.4, -0.2) is 46.2 Å². The monoisotopic (exact) mass is 290 g/mol. The van der Waals surface area contributed by atoms with Gasteiger partial charge in [0.15, 0.2) is 11.0 Å². The minimum absolute atomic E-state index is 0.0533. The molecule has 0 radical (unpaired) electrons. The van der Waals surface area contributed by atoms with E-state index in [1.807, 2.05) is 0 Å². The van der Waals surface area contributed by atoms with Crippen LogP contribution in [0, 0.1) is 0 Å². The first-order valence-electron chi connectivity index (χ1n) is 5.68. The van der Waals surface area contributed by atoms with E-state index in [2.05, 4.69) is 20.3 Å². The fraction of sp³-hybridized carbons (Fsp3) is 0.182. The van der Waals surface area contributed by atoms with E-state index in [1.54, 1.807) is 40.9 Å². The molecule has 0 aliphatic heterocycles. The van der Waals surface area contributed by atoms with Crippen LogP contribution in [0.4, 0.5) is 0 Å². The highest BCUT2D eigenvalue weighted by molar-refractivity contribution is 7.99. The van der Waals surface area contributed by atoms with E-state index < -0.39 is 5.97 Å². The summed E-state index contributed by atoms with van der Waals surface area (Å²) in [5, 5.41) is 21.6. The first kappa shape index (κ1) is 12.6. The third-order valence-electron chi connectivity index (χ3n) is 2.73. The van der Waals surface area contributed by atoms with Gasteiger partial charge in [0.25, 0.3) is 0 Å². The topological polar surface area (TPSA) is 98.2 Å². The van der Waals surface area contributed by atoms with Crippen LogP contribution < -0.4 is 0 Å². The molecule has 3 rings (SSSR count). The highest BCUT2D eigenvalue weighted by Gasteiger charge is 2.16. The van der Waals surface area contributed by atoms with E-state index in [4.69, 9.17) is 5.11 Å². The van der Waals surface area contributed by atoms with Crippen LogP contribution in [0.25, 0.3) is 16.9 Å². The molecule has 0 aliphatic carbocycles. The van der Waals surface area contributed by atoms with Gasteiger partial charge in [-0.15, -0.1) is 10.2 Å². The molecule has 0 unspecified atom stereocenters. The second-order valence-electron chi connectivity index (χ2n) is 4.01. The summed E-state index contributed by atoms with van der Waals surface area (Å²) in [5.74, 6) is -0.317. The van der Waals surface area contributed by atoms with Crippen molar-refractivity contribution in [3.63, 3.8) is 0 Å². The molecule has 0 bridgehead atoms. The van der Waals surface area contributed by atoms with Gasteiger partial charge in [-0.1, -0.05) is 11.8 Å². The van der Waals surface area contributed by atoms with E-state index in [1.165, 1.54) is 0 Å². The van der Waals surface area contributed by atoms with Crippen LogP contribution in [0.15, 0.2) is 29.9 Å². The van der Waals surface area contributed by atoms with Crippen LogP contribution in [-0.2, 0) is 11.8 Å². The van der Waals surface area contributed by atoms with Gasteiger partial charge in [-0.25, -0.2) is 4.52 Å². The van der Waals surface area contributed by atoms with Crippen molar-refractivity contribution < 1.29 is 9.90 Å². The van der Waals surface area contributed by atoms with Crippen LogP contribution >= 0.6 is 11.8 Å². The molecule has 9 heteroatoms. The Morgan fingerprint density at radius 3 is 3.05 bits per heavy atom. The Kier molecular flexibility index (Phi) is 3.11. The largest absolute Gasteiger partial charge is 0.481 e. The van der Waals surface area contributed by atoms with E-state index in [-0.39, 0.29) is 5.75 Å². The predicted octanol–water partition coefficient (Wildman–Crippen LogP) is 0.701. The van der Waals surface area contributed by atoms with Crippen molar-refractivity contribution in [2.45, 2.75) is 5.16 Å². The lowest BCUT2D eigenvalue weighted by molar-refractivity contribution is -0.133. The molecule has 1 N–H and O–H groups in total. The quantitative estimate of drug-likeness (QED) is 0.706. The van der Waals surface area contributed by atoms with Crippen molar-refractivity contribution >= 4 is 23.2 Å². The summed E-state index contributed by atoms with van der Waals surface area (Å²) in [6.45, 7) is 0. The molecule has 0 aliphatic rings. The fourth-order valence-electron chi connectivity index (χ4n) is 1.81. The van der Waals surface area contributed by atoms with Gasteiger partial charge in [-0.05, 0) is 0 Å². The number of aliphatic carboxylic acids is 1. The molecular formula is C11H10N6O2S. The maximum atomic E-state index is 10.6. The average molecular weight is 290 g/mol. The van der Waals surface area contributed by atoms with Crippen LogP contribution in [0.5, 0.6) is 0 Å². The van der Waals surface area contributed by atoms with E-state index in [0.29, 0.717) is 11.0 Å². The number of rotatable bonds is 4. The second-order valence-corrected chi connectivity index (χ2v) is 4.95. The Morgan fingerprint density at radius 1 is 1.40 bits per heavy atom. The smallest absolute Gasteiger partial charge is 0.313 e. The van der Waals surface area contributed by atoms with Gasteiger partial charge in [0, 0.05) is 19.4 Å². The van der Waals surface area contributed by atoms with Crippen molar-refractivity contribution in [3.8, 4) is 11.4 Å². The van der Waals surface area contributed by atoms with Gasteiger partial charge in [0.2, 0.25) is 0 Å². The second kappa shape index (κ2) is 4.93. The Labute approximate surface area is 117 Å². The molecule has 0 saturated carbocycles. The number of thioether (sulfide) groups is 1. The summed E-state index contributed by atoms with van der Waals surface area (Å²) < 4.78 is 3.44. The number of nitrogens with zero attached hydrogens (tertiary/aromatic N) is 6. The Bertz CT molecular complexity index is 780. The van der Waals surface area contributed by atoms with E-state index in [0.717, 1.165) is 22.8 Å². The lowest BCUT2D eigenvalue weighted by Gasteiger charge is -2.01. The summed E-state index contributed by atoms with van der Waals surface area (Å²) in [6, 6.07) is 0. The number of carboxylic acids is 1. The van der Waals surface area contributed by atoms with Crippen molar-refractivity contribution in [3.05, 3.63) is 24.8 Å². The average Bonchev–Trinajstić information content (AvgIpc) is 3.00. The molecule has 3 aromatic rings. The summed E-state index contributed by atoms with van der Waals surface area (Å²) in [7, 11) is 1.79. The van der Waals surface area contributed by atoms with Crippen molar-refractivity contribution in [1.82, 2.24) is 29.4 Å². The first-order valence-corrected chi connectivity index (χ1v) is 6.67. The molecule has 20 heavy (non-hydrogen) atoms. The SMILES string of the molecule is Cn1c(SCC(=O)O)nnc1-c1cnn2ccncc12. The molecule has 0 spiro atoms. The highest BCUT2D eigenvalue weighted by Crippen LogP contribution is 2.25. The number of hydrogen-bond acceptors (Lipinski definition) is 6. The standard InChI is InChI=1S/C11H10N6O2S/c1-16-10(14-15-11(16)20-6-9(18)19)7-4-13-17-3-2-12-5-8(7)17/h2-5H,6H2,1H3,(H,18,19).